The molecule has 0 amide bonds. The molecule has 36 heteroatoms. The van der Waals surface area contributed by atoms with Crippen LogP contribution in [-0.2, 0) is 50.6 Å². The van der Waals surface area contributed by atoms with Crippen LogP contribution in [0.4, 0.5) is 52.0 Å². The molecule has 4 aromatic carbocycles. The Labute approximate surface area is 441 Å². The summed E-state index contributed by atoms with van der Waals surface area (Å²) in [4.78, 5) is 11.7. The van der Waals surface area contributed by atoms with Gasteiger partial charge < -0.3 is 25.4 Å². The van der Waals surface area contributed by atoms with Crippen LogP contribution in [0, 0.1) is 7.14 Å². The van der Waals surface area contributed by atoms with E-state index in [9.17, 15) is 64.9 Å². The number of ether oxygens (including phenoxy) is 2. The lowest BCUT2D eigenvalue weighted by atomic mass is 10.2. The van der Waals surface area contributed by atoms with Gasteiger partial charge in [-0.2, -0.15) is 67.3 Å². The van der Waals surface area contributed by atoms with E-state index in [1.165, 1.54) is 48.5 Å². The first-order valence-electron chi connectivity index (χ1n) is 19.1. The molecule has 1 heterocycles. The summed E-state index contributed by atoms with van der Waals surface area (Å²) in [5.74, 6) is -3.01. The van der Waals surface area contributed by atoms with Gasteiger partial charge in [0, 0.05) is 25.8 Å². The smallest absolute Gasteiger partial charge is 0.296 e. The molecular weight excluding hydrogens is 1320 g/mol. The van der Waals surface area contributed by atoms with Crippen molar-refractivity contribution in [2.24, 2.45) is 20.5 Å². The normalized spacial score (nSPS) is 12.6. The zero-order valence-corrected chi connectivity index (χ0v) is 45.2. The van der Waals surface area contributed by atoms with Gasteiger partial charge in [0.05, 0.1) is 63.3 Å². The number of nitrogens with zero attached hydrogens (tertiary/aromatic N) is 7. The summed E-state index contributed by atoms with van der Waals surface area (Å²) in [6, 6.07) is 12.5. The van der Waals surface area contributed by atoms with E-state index in [1.54, 1.807) is 0 Å². The predicted octanol–water partition coefficient (Wildman–Crippen LogP) is 7.81. The molecule has 0 aliphatic carbocycles. The molecule has 8 N–H and O–H groups in total. The highest BCUT2D eigenvalue weighted by molar-refractivity contribution is 14.1. The molecule has 27 nitrogen and oxygen atoms in total. The second-order valence-electron chi connectivity index (χ2n) is 13.9. The van der Waals surface area contributed by atoms with E-state index in [-0.39, 0.29) is 99.6 Å². The molecular formula is C35H34Cl2I2N10O17S5. The summed E-state index contributed by atoms with van der Waals surface area (Å²) >= 11 is 15.6. The quantitative estimate of drug-likeness (QED) is 0.0126. The molecule has 0 unspecified atom stereocenters. The Balaban J connectivity index is 1.56. The van der Waals surface area contributed by atoms with Gasteiger partial charge in [0.15, 0.2) is 0 Å². The molecule has 0 fully saturated rings. The van der Waals surface area contributed by atoms with Crippen LogP contribution in [0.25, 0.3) is 0 Å². The molecule has 0 spiro atoms. The minimum Gasteiger partial charge on any atom is -0.491 e. The Hall–Kier alpha value is -4.32. The second kappa shape index (κ2) is 24.1. The van der Waals surface area contributed by atoms with Crippen molar-refractivity contribution in [3.63, 3.8) is 0 Å². The van der Waals surface area contributed by atoms with Crippen molar-refractivity contribution in [3.05, 3.63) is 77.8 Å². The van der Waals surface area contributed by atoms with Crippen LogP contribution in [0.1, 0.15) is 12.8 Å². The lowest BCUT2D eigenvalue weighted by Gasteiger charge is -2.17. The fourth-order valence-electron chi connectivity index (χ4n) is 5.35. The van der Waals surface area contributed by atoms with Crippen molar-refractivity contribution in [2.75, 3.05) is 53.0 Å². The monoisotopic (exact) mass is 1350 g/mol. The summed E-state index contributed by atoms with van der Waals surface area (Å²) in [7, 11) is -22.7. The molecule has 0 bridgehead atoms. The van der Waals surface area contributed by atoms with Gasteiger partial charge in [0.1, 0.15) is 32.7 Å². The highest BCUT2D eigenvalue weighted by Crippen LogP contribution is 2.39. The van der Waals surface area contributed by atoms with Gasteiger partial charge in [0.2, 0.25) is 17.8 Å². The molecule has 0 atom stereocenters. The molecule has 384 valence electrons. The van der Waals surface area contributed by atoms with E-state index in [2.05, 4.69) is 51.4 Å². The zero-order chi connectivity index (χ0) is 52.5. The topological polar surface area (TPSA) is 415 Å². The van der Waals surface area contributed by atoms with Crippen molar-refractivity contribution in [3.8, 4) is 11.5 Å². The molecule has 1 aromatic heterocycles. The van der Waals surface area contributed by atoms with Gasteiger partial charge in [-0.15, -0.1) is 10.2 Å². The fraction of sp³-hybridized carbons (Fsp3) is 0.229. The van der Waals surface area contributed by atoms with Crippen LogP contribution < -0.4 is 25.4 Å². The Morgan fingerprint density at radius 1 is 0.521 bits per heavy atom. The number of azo groups is 2. The number of nitrogens with one attached hydrogen (secondary N) is 3. The highest BCUT2D eigenvalue weighted by atomic mass is 127. The molecule has 0 aliphatic heterocycles. The average molecular weight is 1350 g/mol. The molecule has 0 aliphatic rings. The van der Waals surface area contributed by atoms with Crippen molar-refractivity contribution >= 4 is 171 Å². The van der Waals surface area contributed by atoms with Crippen molar-refractivity contribution in [1.29, 1.82) is 0 Å². The lowest BCUT2D eigenvalue weighted by Crippen LogP contribution is -2.17. The number of anilines is 5. The van der Waals surface area contributed by atoms with Crippen LogP contribution in [0.5, 0.6) is 11.5 Å². The van der Waals surface area contributed by atoms with Gasteiger partial charge in [-0.25, -0.2) is 0 Å². The summed E-state index contributed by atoms with van der Waals surface area (Å²) in [5.41, 5.74) is 0.353. The maximum absolute atomic E-state index is 11.8. The summed E-state index contributed by atoms with van der Waals surface area (Å²) in [6.07, 6.45) is -0.386. The fourth-order valence-corrected chi connectivity index (χ4v) is 9.81. The van der Waals surface area contributed by atoms with E-state index >= 15 is 0 Å². The number of hydrogen-bond acceptors (Lipinski definition) is 22. The number of benzene rings is 4. The second-order valence-corrected chi connectivity index (χ2v) is 24.6. The maximum atomic E-state index is 11.8. The highest BCUT2D eigenvalue weighted by Gasteiger charge is 2.20. The van der Waals surface area contributed by atoms with E-state index in [1.807, 2.05) is 45.2 Å². The Morgan fingerprint density at radius 2 is 0.901 bits per heavy atom. The van der Waals surface area contributed by atoms with Crippen molar-refractivity contribution in [1.82, 2.24) is 15.0 Å². The number of halogens is 4. The maximum Gasteiger partial charge on any atom is 0.296 e. The first-order chi connectivity index (χ1) is 32.9. The van der Waals surface area contributed by atoms with Gasteiger partial charge >= 0.3 is 0 Å². The molecule has 0 saturated carbocycles. The third-order valence-electron chi connectivity index (χ3n) is 8.41. The Bertz CT molecular complexity index is 3270. The number of hydrogen-bond donors (Lipinski definition) is 8. The SMILES string of the molecule is O=S(=O)(O)CCCOc1cc(N=Nc2ccc(Cl)c(S(=O)(=O)O)c2)c(I)cc1Nc1nc(NCCS(=O)(=O)O)nc(Nc2cc(I)c(N=Nc3ccc(Cl)c(S(=O)(=O)O)c3)cc2OCCCS(=O)(=O)O)n1. The van der Waals surface area contributed by atoms with Gasteiger partial charge in [0.25, 0.3) is 50.6 Å². The third kappa shape index (κ3) is 18.9. The van der Waals surface area contributed by atoms with Crippen LogP contribution in [0.2, 0.25) is 10.0 Å². The van der Waals surface area contributed by atoms with Crippen LogP contribution in [0.3, 0.4) is 0 Å². The minimum atomic E-state index is -4.73. The largest absolute Gasteiger partial charge is 0.491 e. The summed E-state index contributed by atoms with van der Waals surface area (Å²) < 4.78 is 175. The molecule has 5 aromatic rings. The Morgan fingerprint density at radius 3 is 1.27 bits per heavy atom. The van der Waals surface area contributed by atoms with Gasteiger partial charge in [-0.05, 0) is 107 Å². The van der Waals surface area contributed by atoms with E-state index in [0.29, 0.717) is 7.14 Å². The van der Waals surface area contributed by atoms with E-state index < -0.39 is 84.2 Å². The van der Waals surface area contributed by atoms with E-state index in [0.717, 1.165) is 12.1 Å². The summed E-state index contributed by atoms with van der Waals surface area (Å²) in [6.45, 7) is -1.00. The minimum absolute atomic E-state index is 0.0343. The third-order valence-corrected chi connectivity index (χ3v) is 15.1. The standard InChI is InChI=1S/C35H34Cl2I2N10O17S5/c36-21-5-3-19(13-31(21)70(59,60)61)46-48-25-17-29(65-8-1-10-67(50,51)52)27(15-23(25)38)41-34-43-33(40-7-12-69(56,57)58)44-35(45-34)42-28-16-24(39)26(18-30(28)66-9-2-11-68(53,54)55)49-47-20-4-6-22(37)32(14-20)71(62,63)64/h3-6,13-18H,1-2,7-12H2,(H,50,51,52)(H,53,54,55)(H,56,57,58)(H,59,60,61)(H,62,63,64)(H3,40,41,42,43,44,45). The summed E-state index contributed by atoms with van der Waals surface area (Å²) in [5, 5.41) is 24.3. The zero-order valence-electron chi connectivity index (χ0n) is 35.2. The lowest BCUT2D eigenvalue weighted by molar-refractivity contribution is 0.317. The van der Waals surface area contributed by atoms with Crippen LogP contribution >= 0.6 is 68.4 Å². The first kappa shape index (κ1) is 57.6. The number of rotatable bonds is 24. The van der Waals surface area contributed by atoms with Crippen LogP contribution in [-0.4, -0.2) is 117 Å². The van der Waals surface area contributed by atoms with Crippen molar-refractivity contribution in [2.45, 2.75) is 22.6 Å². The molecule has 71 heavy (non-hydrogen) atoms. The van der Waals surface area contributed by atoms with Crippen molar-refractivity contribution < 1.29 is 74.3 Å². The molecule has 0 saturated heterocycles. The first-order valence-corrected chi connectivity index (χ1v) is 29.7. The van der Waals surface area contributed by atoms with Gasteiger partial charge in [-0.3, -0.25) is 22.8 Å². The van der Waals surface area contributed by atoms with Gasteiger partial charge in [-0.1, -0.05) is 23.2 Å². The molecule has 5 rings (SSSR count). The number of aromatic nitrogens is 3. The molecule has 0 radical (unpaired) electrons. The average Bonchev–Trinajstić information content (AvgIpc) is 3.23. The van der Waals surface area contributed by atoms with Crippen LogP contribution in [0.15, 0.2) is 90.9 Å². The van der Waals surface area contributed by atoms with E-state index in [4.69, 9.17) is 32.7 Å². The predicted molar refractivity (Wildman–Crippen MR) is 274 cm³/mol. The Kier molecular flexibility index (Phi) is 19.6.